The first-order valence-electron chi connectivity index (χ1n) is 12.6. The SMILES string of the molecule is Cc1[c-]c(C)c(C2CCC(CCc3cc(C(C)(C)C)c(O)c(C(C)(C)C)c3)CC2)[c-]c1C.[W].[Y]. The summed E-state index contributed by atoms with van der Waals surface area (Å²) in [4.78, 5) is 0. The molecule has 3 heteroatoms. The maximum Gasteiger partial charge on any atom is 0.123 e. The van der Waals surface area contributed by atoms with E-state index < -0.39 is 0 Å². The zero-order chi connectivity index (χ0) is 23.8. The van der Waals surface area contributed by atoms with E-state index >= 15 is 0 Å². The molecule has 0 unspecified atom stereocenters. The molecule has 1 N–H and O–H groups in total. The predicted octanol–water partition coefficient (Wildman–Crippen LogP) is 8.41. The normalized spacial score (nSPS) is 18.7. The van der Waals surface area contributed by atoms with E-state index in [1.165, 1.54) is 59.9 Å². The van der Waals surface area contributed by atoms with E-state index in [2.05, 4.69) is 86.6 Å². The Morgan fingerprint density at radius 2 is 1.26 bits per heavy atom. The third kappa shape index (κ3) is 7.76. The molecule has 1 radical (unpaired) electrons. The zero-order valence-corrected chi connectivity index (χ0v) is 28.8. The fourth-order valence-electron chi connectivity index (χ4n) is 5.33. The van der Waals surface area contributed by atoms with Gasteiger partial charge in [-0.15, -0.1) is 20.8 Å². The summed E-state index contributed by atoms with van der Waals surface area (Å²) in [5, 5.41) is 11.0. The van der Waals surface area contributed by atoms with Crippen LogP contribution in [-0.2, 0) is 71.0 Å². The Bertz CT molecular complexity index is 922. The number of phenols is 1. The Labute approximate surface area is 249 Å². The summed E-state index contributed by atoms with van der Waals surface area (Å²) >= 11 is 0. The Balaban J connectivity index is 0.00000289. The molecule has 0 amide bonds. The number of hydrogen-bond donors (Lipinski definition) is 1. The molecule has 0 heterocycles. The van der Waals surface area contributed by atoms with E-state index in [9.17, 15) is 5.11 Å². The molecule has 2 aromatic carbocycles. The van der Waals surface area contributed by atoms with Crippen LogP contribution in [0.4, 0.5) is 0 Å². The molecule has 185 valence electrons. The molecule has 0 aliphatic heterocycles. The molecule has 34 heavy (non-hydrogen) atoms. The Kier molecular flexibility index (Phi) is 11.8. The van der Waals surface area contributed by atoms with Crippen LogP contribution in [0.15, 0.2) is 12.1 Å². The van der Waals surface area contributed by atoms with Crippen LogP contribution in [0.2, 0.25) is 0 Å². The van der Waals surface area contributed by atoms with E-state index in [0.29, 0.717) is 11.7 Å². The van der Waals surface area contributed by atoms with Crippen molar-refractivity contribution in [3.63, 3.8) is 0 Å². The van der Waals surface area contributed by atoms with E-state index in [4.69, 9.17) is 0 Å². The van der Waals surface area contributed by atoms with E-state index in [-0.39, 0.29) is 64.6 Å². The third-order valence-electron chi connectivity index (χ3n) is 7.55. The molecule has 0 bridgehead atoms. The molecule has 1 saturated carbocycles. The first kappa shape index (κ1) is 32.1. The molecular formula is C31H44OWY-2. The van der Waals surface area contributed by atoms with Gasteiger partial charge in [-0.25, -0.2) is 0 Å². The van der Waals surface area contributed by atoms with Gasteiger partial charge in [0.15, 0.2) is 0 Å². The van der Waals surface area contributed by atoms with Crippen molar-refractivity contribution in [2.45, 2.75) is 118 Å². The standard InChI is InChI=1S/C31H44O.W.Y/c1-20-16-22(3)26(17-21(20)2)25-14-12-23(13-15-25)10-11-24-18-27(30(4,5)6)29(32)28(19-24)31(7,8)9;;/h18-19,23,25,32H,10-15H2,1-9H3;;/q-2;;. The van der Waals surface area contributed by atoms with Gasteiger partial charge in [-0.1, -0.05) is 85.3 Å². The minimum Gasteiger partial charge on any atom is -0.507 e. The monoisotopic (exact) mass is 705 g/mol. The van der Waals surface area contributed by atoms with Gasteiger partial charge in [-0.05, 0) is 46.3 Å². The van der Waals surface area contributed by atoms with Crippen LogP contribution < -0.4 is 0 Å². The first-order valence-corrected chi connectivity index (χ1v) is 12.6. The largest absolute Gasteiger partial charge is 0.507 e. The maximum atomic E-state index is 11.0. The minimum atomic E-state index is -0.0598. The quantitative estimate of drug-likeness (QED) is 0.317. The number of aryl methyl sites for hydroxylation is 4. The fraction of sp³-hybridized carbons (Fsp3) is 0.613. The predicted molar refractivity (Wildman–Crippen MR) is 137 cm³/mol. The molecule has 0 aromatic heterocycles. The van der Waals surface area contributed by atoms with Crippen molar-refractivity contribution in [3.8, 4) is 5.75 Å². The van der Waals surface area contributed by atoms with Gasteiger partial charge in [0.25, 0.3) is 0 Å². The Hall–Kier alpha value is 0.0322. The summed E-state index contributed by atoms with van der Waals surface area (Å²) in [6, 6.07) is 11.8. The minimum absolute atomic E-state index is 0. The zero-order valence-electron chi connectivity index (χ0n) is 23.0. The van der Waals surface area contributed by atoms with Crippen LogP contribution >= 0.6 is 0 Å². The fourth-order valence-corrected chi connectivity index (χ4v) is 5.33. The van der Waals surface area contributed by atoms with E-state index in [1.54, 1.807) is 0 Å². The average Bonchev–Trinajstić information content (AvgIpc) is 2.68. The van der Waals surface area contributed by atoms with Crippen LogP contribution in [0.25, 0.3) is 0 Å². The van der Waals surface area contributed by atoms with Crippen LogP contribution in [0.3, 0.4) is 0 Å². The summed E-state index contributed by atoms with van der Waals surface area (Å²) in [5.74, 6) is 1.94. The smallest absolute Gasteiger partial charge is 0.123 e. The van der Waals surface area contributed by atoms with Crippen molar-refractivity contribution in [1.82, 2.24) is 0 Å². The number of hydrogen-bond acceptors (Lipinski definition) is 1. The maximum absolute atomic E-state index is 11.0. The van der Waals surface area contributed by atoms with Gasteiger partial charge in [0.1, 0.15) is 5.75 Å². The van der Waals surface area contributed by atoms with Crippen molar-refractivity contribution in [3.05, 3.63) is 63.2 Å². The van der Waals surface area contributed by atoms with Crippen molar-refractivity contribution >= 4 is 0 Å². The molecule has 1 nitrogen and oxygen atoms in total. The van der Waals surface area contributed by atoms with Gasteiger partial charge >= 0.3 is 0 Å². The van der Waals surface area contributed by atoms with Gasteiger partial charge in [-0.3, -0.25) is 22.3 Å². The van der Waals surface area contributed by atoms with Gasteiger partial charge in [0.2, 0.25) is 0 Å². The van der Waals surface area contributed by atoms with Crippen molar-refractivity contribution in [2.75, 3.05) is 0 Å². The molecule has 2 aromatic rings. The van der Waals surface area contributed by atoms with E-state index in [0.717, 1.165) is 23.5 Å². The molecule has 1 aliphatic rings. The molecule has 0 saturated heterocycles. The first-order chi connectivity index (χ1) is 14.8. The average molecular weight is 705 g/mol. The molecule has 1 fully saturated rings. The summed E-state index contributed by atoms with van der Waals surface area (Å²) in [6.07, 6.45) is 7.50. The second-order valence-corrected chi connectivity index (χ2v) is 12.3. The Morgan fingerprint density at radius 3 is 1.74 bits per heavy atom. The van der Waals surface area contributed by atoms with Crippen LogP contribution in [0.1, 0.15) is 119 Å². The van der Waals surface area contributed by atoms with Crippen molar-refractivity contribution in [2.24, 2.45) is 5.92 Å². The van der Waals surface area contributed by atoms with Gasteiger partial charge in [0, 0.05) is 53.8 Å². The number of rotatable bonds is 4. The number of phenolic OH excluding ortho intramolecular Hbond substituents is 1. The molecule has 0 spiro atoms. The van der Waals surface area contributed by atoms with Crippen LogP contribution in [0.5, 0.6) is 5.75 Å². The Morgan fingerprint density at radius 1 is 0.794 bits per heavy atom. The summed E-state index contributed by atoms with van der Waals surface area (Å²) in [5.41, 5.74) is 8.63. The number of benzene rings is 2. The molecule has 3 rings (SSSR count). The molecular weight excluding hydrogens is 661 g/mol. The molecule has 1 aliphatic carbocycles. The van der Waals surface area contributed by atoms with Gasteiger partial charge < -0.3 is 17.2 Å². The summed E-state index contributed by atoms with van der Waals surface area (Å²) < 4.78 is 0. The van der Waals surface area contributed by atoms with Crippen LogP contribution in [-0.4, -0.2) is 5.11 Å². The van der Waals surface area contributed by atoms with Crippen LogP contribution in [0, 0.1) is 38.8 Å². The van der Waals surface area contributed by atoms with Gasteiger partial charge in [0.05, 0.1) is 0 Å². The van der Waals surface area contributed by atoms with E-state index in [1.807, 2.05) is 0 Å². The second kappa shape index (κ2) is 12.5. The van der Waals surface area contributed by atoms with Crippen molar-refractivity contribution < 1.29 is 58.9 Å². The second-order valence-electron chi connectivity index (χ2n) is 12.3. The topological polar surface area (TPSA) is 20.2 Å². The molecule has 0 atom stereocenters. The summed E-state index contributed by atoms with van der Waals surface area (Å²) in [6.45, 7) is 19.7. The van der Waals surface area contributed by atoms with Gasteiger partial charge in [-0.2, -0.15) is 0 Å². The van der Waals surface area contributed by atoms with Crippen molar-refractivity contribution in [1.29, 1.82) is 0 Å². The third-order valence-corrected chi connectivity index (χ3v) is 7.55. The number of aromatic hydroxyl groups is 1. The summed E-state index contributed by atoms with van der Waals surface area (Å²) in [7, 11) is 0.